The van der Waals surface area contributed by atoms with Crippen molar-refractivity contribution in [2.75, 3.05) is 39.8 Å². The number of carbonyl (C=O) groups is 1. The van der Waals surface area contributed by atoms with Gasteiger partial charge in [0.2, 0.25) is 0 Å². The fourth-order valence-corrected chi connectivity index (χ4v) is 3.80. The summed E-state index contributed by atoms with van der Waals surface area (Å²) < 4.78 is 0. The van der Waals surface area contributed by atoms with E-state index >= 15 is 0 Å². The number of carbonyl (C=O) groups excluding carboxylic acids is 1. The Bertz CT molecular complexity index is 351. The van der Waals surface area contributed by atoms with E-state index in [4.69, 9.17) is 0 Å². The second-order valence-corrected chi connectivity index (χ2v) is 7.13. The van der Waals surface area contributed by atoms with E-state index in [9.17, 15) is 9.90 Å². The number of aliphatic hydroxyl groups excluding tert-OH is 1. The van der Waals surface area contributed by atoms with Crippen LogP contribution < -0.4 is 5.32 Å². The predicted molar refractivity (Wildman–Crippen MR) is 88.8 cm³/mol. The monoisotopic (exact) mass is 311 g/mol. The van der Waals surface area contributed by atoms with Gasteiger partial charge < -0.3 is 20.2 Å². The molecule has 2 rings (SSSR count). The lowest BCUT2D eigenvalue weighted by Crippen LogP contribution is -2.44. The third kappa shape index (κ3) is 5.13. The Morgan fingerprint density at radius 2 is 2.09 bits per heavy atom. The van der Waals surface area contributed by atoms with Gasteiger partial charge in [0.1, 0.15) is 0 Å². The zero-order chi connectivity index (χ0) is 15.9. The summed E-state index contributed by atoms with van der Waals surface area (Å²) in [6.45, 7) is 7.10. The van der Waals surface area contributed by atoms with E-state index < -0.39 is 0 Å². The molecule has 0 bridgehead atoms. The quantitative estimate of drug-likeness (QED) is 0.788. The molecule has 0 spiro atoms. The van der Waals surface area contributed by atoms with Crippen molar-refractivity contribution in [2.45, 2.75) is 51.6 Å². The highest BCUT2D eigenvalue weighted by atomic mass is 16.3. The number of rotatable bonds is 6. The van der Waals surface area contributed by atoms with Crippen molar-refractivity contribution in [3.8, 4) is 0 Å². The molecular weight excluding hydrogens is 278 g/mol. The Kier molecular flexibility index (Phi) is 6.96. The maximum atomic E-state index is 12.2. The third-order valence-corrected chi connectivity index (χ3v) is 5.18. The number of hydrogen-bond acceptors (Lipinski definition) is 3. The van der Waals surface area contributed by atoms with Gasteiger partial charge in [-0.15, -0.1) is 0 Å². The van der Waals surface area contributed by atoms with Crippen LogP contribution in [0.5, 0.6) is 0 Å². The Morgan fingerprint density at radius 3 is 2.82 bits per heavy atom. The van der Waals surface area contributed by atoms with Crippen LogP contribution in [0.2, 0.25) is 0 Å². The highest BCUT2D eigenvalue weighted by Gasteiger charge is 2.26. The minimum Gasteiger partial charge on any atom is -0.393 e. The van der Waals surface area contributed by atoms with E-state index in [0.29, 0.717) is 12.5 Å². The number of amides is 2. The normalized spacial score (nSPS) is 29.5. The van der Waals surface area contributed by atoms with Gasteiger partial charge in [0, 0.05) is 32.6 Å². The van der Waals surface area contributed by atoms with Gasteiger partial charge in [-0.05, 0) is 44.7 Å². The van der Waals surface area contributed by atoms with Crippen LogP contribution >= 0.6 is 0 Å². The molecule has 1 saturated heterocycles. The van der Waals surface area contributed by atoms with E-state index in [0.717, 1.165) is 32.4 Å². The second-order valence-electron chi connectivity index (χ2n) is 7.13. The SMILES string of the molecule is CCCN1CC[C@H](CNC(=O)N(C)C[C@H]2CCCC[C@@H]2O)C1. The zero-order valence-electron chi connectivity index (χ0n) is 14.3. The molecule has 2 amide bonds. The predicted octanol–water partition coefficient (Wildman–Crippen LogP) is 1.91. The topological polar surface area (TPSA) is 55.8 Å². The molecule has 5 heteroatoms. The standard InChI is InChI=1S/C17H33N3O2/c1-3-9-20-10-8-14(12-20)11-18-17(22)19(2)13-15-6-4-5-7-16(15)21/h14-16,21H,3-13H2,1-2H3,(H,18,22)/t14-,15-,16+/m1/s1. The van der Waals surface area contributed by atoms with Crippen LogP contribution in [0.3, 0.4) is 0 Å². The van der Waals surface area contributed by atoms with E-state index in [-0.39, 0.29) is 18.1 Å². The Balaban J connectivity index is 1.66. The van der Waals surface area contributed by atoms with Crippen LogP contribution in [0.25, 0.3) is 0 Å². The molecule has 22 heavy (non-hydrogen) atoms. The zero-order valence-corrected chi connectivity index (χ0v) is 14.3. The first-order valence-corrected chi connectivity index (χ1v) is 8.99. The lowest BCUT2D eigenvalue weighted by Gasteiger charge is -2.31. The third-order valence-electron chi connectivity index (χ3n) is 5.18. The average Bonchev–Trinajstić information content (AvgIpc) is 2.95. The summed E-state index contributed by atoms with van der Waals surface area (Å²) >= 11 is 0. The molecule has 3 atom stereocenters. The van der Waals surface area contributed by atoms with Crippen molar-refractivity contribution < 1.29 is 9.90 Å². The van der Waals surface area contributed by atoms with E-state index in [1.165, 1.54) is 32.4 Å². The Morgan fingerprint density at radius 1 is 1.32 bits per heavy atom. The van der Waals surface area contributed by atoms with Crippen LogP contribution in [0.15, 0.2) is 0 Å². The van der Waals surface area contributed by atoms with Gasteiger partial charge in [-0.1, -0.05) is 19.8 Å². The number of nitrogens with zero attached hydrogens (tertiary/aromatic N) is 2. The lowest BCUT2D eigenvalue weighted by atomic mass is 9.86. The molecule has 2 N–H and O–H groups in total. The average molecular weight is 311 g/mol. The highest BCUT2D eigenvalue weighted by Crippen LogP contribution is 2.24. The molecule has 5 nitrogen and oxygen atoms in total. The fourth-order valence-electron chi connectivity index (χ4n) is 3.80. The minimum absolute atomic E-state index is 0.00622. The van der Waals surface area contributed by atoms with E-state index in [2.05, 4.69) is 17.1 Å². The fraction of sp³-hybridized carbons (Fsp3) is 0.941. The molecule has 0 aromatic heterocycles. The molecular formula is C17H33N3O2. The molecule has 2 aliphatic rings. The summed E-state index contributed by atoms with van der Waals surface area (Å²) in [5, 5.41) is 13.1. The highest BCUT2D eigenvalue weighted by molar-refractivity contribution is 5.73. The number of hydrogen-bond donors (Lipinski definition) is 2. The van der Waals surface area contributed by atoms with Crippen molar-refractivity contribution in [1.29, 1.82) is 0 Å². The van der Waals surface area contributed by atoms with Crippen LogP contribution in [0.4, 0.5) is 4.79 Å². The molecule has 128 valence electrons. The van der Waals surface area contributed by atoms with Crippen molar-refractivity contribution in [2.24, 2.45) is 11.8 Å². The second kappa shape index (κ2) is 8.73. The smallest absolute Gasteiger partial charge is 0.317 e. The molecule has 1 saturated carbocycles. The van der Waals surface area contributed by atoms with Crippen LogP contribution in [-0.2, 0) is 0 Å². The molecule has 0 aromatic carbocycles. The van der Waals surface area contributed by atoms with E-state index in [1.54, 1.807) is 4.90 Å². The largest absolute Gasteiger partial charge is 0.393 e. The van der Waals surface area contributed by atoms with Gasteiger partial charge >= 0.3 is 6.03 Å². The molecule has 0 radical (unpaired) electrons. The van der Waals surface area contributed by atoms with Crippen LogP contribution in [-0.4, -0.2) is 66.8 Å². The van der Waals surface area contributed by atoms with Crippen molar-refractivity contribution in [3.05, 3.63) is 0 Å². The molecule has 1 aliphatic heterocycles. The summed E-state index contributed by atoms with van der Waals surface area (Å²) in [6, 6.07) is 0.00622. The molecule has 0 aromatic rings. The summed E-state index contributed by atoms with van der Waals surface area (Å²) in [5.41, 5.74) is 0. The molecule has 0 unspecified atom stereocenters. The molecule has 1 heterocycles. The number of aliphatic hydroxyl groups is 1. The van der Waals surface area contributed by atoms with E-state index in [1.807, 2.05) is 7.05 Å². The minimum atomic E-state index is -0.235. The summed E-state index contributed by atoms with van der Waals surface area (Å²) in [7, 11) is 1.84. The first-order valence-electron chi connectivity index (χ1n) is 8.99. The maximum Gasteiger partial charge on any atom is 0.317 e. The number of urea groups is 1. The Labute approximate surface area is 135 Å². The molecule has 1 aliphatic carbocycles. The number of likely N-dealkylation sites (tertiary alicyclic amines) is 1. The summed E-state index contributed by atoms with van der Waals surface area (Å²) in [4.78, 5) is 16.4. The summed E-state index contributed by atoms with van der Waals surface area (Å²) in [5.74, 6) is 0.834. The first kappa shape index (κ1) is 17.5. The van der Waals surface area contributed by atoms with Crippen molar-refractivity contribution in [3.63, 3.8) is 0 Å². The van der Waals surface area contributed by atoms with Crippen molar-refractivity contribution >= 4 is 6.03 Å². The van der Waals surface area contributed by atoms with Gasteiger partial charge in [-0.2, -0.15) is 0 Å². The van der Waals surface area contributed by atoms with Crippen LogP contribution in [0, 0.1) is 11.8 Å². The lowest BCUT2D eigenvalue weighted by molar-refractivity contribution is 0.0564. The first-order chi connectivity index (χ1) is 10.6. The van der Waals surface area contributed by atoms with Gasteiger partial charge in [-0.3, -0.25) is 0 Å². The summed E-state index contributed by atoms with van der Waals surface area (Å²) in [6.07, 6.45) is 6.36. The molecule has 2 fully saturated rings. The number of nitrogens with one attached hydrogen (secondary N) is 1. The van der Waals surface area contributed by atoms with Gasteiger partial charge in [-0.25, -0.2) is 4.79 Å². The van der Waals surface area contributed by atoms with Gasteiger partial charge in [0.25, 0.3) is 0 Å². The maximum absolute atomic E-state index is 12.2. The van der Waals surface area contributed by atoms with Crippen molar-refractivity contribution in [1.82, 2.24) is 15.1 Å². The van der Waals surface area contributed by atoms with Crippen LogP contribution in [0.1, 0.15) is 45.4 Å². The Hall–Kier alpha value is -0.810. The van der Waals surface area contributed by atoms with Gasteiger partial charge in [0.05, 0.1) is 6.10 Å². The van der Waals surface area contributed by atoms with Gasteiger partial charge in [0.15, 0.2) is 0 Å².